The van der Waals surface area contributed by atoms with Gasteiger partial charge in [0, 0.05) is 43.4 Å². The Bertz CT molecular complexity index is 1560. The van der Waals surface area contributed by atoms with Crippen molar-refractivity contribution in [2.75, 3.05) is 13.3 Å². The first-order valence-corrected chi connectivity index (χ1v) is 13.9. The van der Waals surface area contributed by atoms with Crippen LogP contribution in [0.5, 0.6) is 5.75 Å². The highest BCUT2D eigenvalue weighted by atomic mass is 19.1. The van der Waals surface area contributed by atoms with Crippen LogP contribution in [0.15, 0.2) is 34.3 Å². The number of aromatic nitrogens is 1. The van der Waals surface area contributed by atoms with Gasteiger partial charge in [-0.15, -0.1) is 0 Å². The molecular formula is C29H32F2N4O8. The molecule has 12 nitrogen and oxygen atoms in total. The molecule has 0 saturated carbocycles. The van der Waals surface area contributed by atoms with E-state index in [0.717, 1.165) is 11.8 Å². The third kappa shape index (κ3) is 5.77. The monoisotopic (exact) mass is 602 g/mol. The van der Waals surface area contributed by atoms with E-state index < -0.39 is 70.9 Å². The molecule has 14 heteroatoms. The summed E-state index contributed by atoms with van der Waals surface area (Å²) >= 11 is 0. The van der Waals surface area contributed by atoms with Crippen LogP contribution < -0.4 is 15.5 Å². The quantitative estimate of drug-likeness (QED) is 0.375. The number of ether oxygens (including phenoxy) is 3. The molecule has 1 N–H and O–H groups in total. The van der Waals surface area contributed by atoms with Crippen molar-refractivity contribution in [2.24, 2.45) is 5.16 Å². The minimum Gasteiger partial charge on any atom is -0.451 e. The number of halogens is 2. The molecule has 43 heavy (non-hydrogen) atoms. The maximum Gasteiger partial charge on any atom is 0.511 e. The third-order valence-electron chi connectivity index (χ3n) is 7.84. The Balaban J connectivity index is 1.56. The number of pyridine rings is 1. The molecule has 1 saturated heterocycles. The van der Waals surface area contributed by atoms with Crippen LogP contribution in [0.2, 0.25) is 0 Å². The minimum atomic E-state index is -1.05. The number of fused-ring (bicyclic) bond motifs is 5. The number of nitrogens with zero attached hydrogens (tertiary/aromatic N) is 3. The van der Waals surface area contributed by atoms with Crippen LogP contribution in [0.1, 0.15) is 79.4 Å². The van der Waals surface area contributed by atoms with Crippen molar-refractivity contribution >= 4 is 23.7 Å². The summed E-state index contributed by atoms with van der Waals surface area (Å²) in [5.74, 6) is -3.54. The number of hydrogen-bond acceptors (Lipinski definition) is 9. The largest absolute Gasteiger partial charge is 0.511 e. The highest BCUT2D eigenvalue weighted by molar-refractivity contribution is 5.99. The Hall–Kier alpha value is -4.49. The first kappa shape index (κ1) is 30.0. The van der Waals surface area contributed by atoms with Crippen LogP contribution in [0.3, 0.4) is 0 Å². The molecule has 1 aromatic heterocycles. The summed E-state index contributed by atoms with van der Waals surface area (Å²) < 4.78 is 44.5. The van der Waals surface area contributed by atoms with E-state index in [0.29, 0.717) is 25.3 Å². The van der Waals surface area contributed by atoms with E-state index in [9.17, 15) is 28.0 Å². The fourth-order valence-electron chi connectivity index (χ4n) is 5.71. The fraction of sp³-hybridized carbons (Fsp3) is 0.483. The summed E-state index contributed by atoms with van der Waals surface area (Å²) in [6.07, 6.45) is 1.34. The Morgan fingerprint density at radius 3 is 2.70 bits per heavy atom. The summed E-state index contributed by atoms with van der Waals surface area (Å²) in [6, 6.07) is 2.13. The second-order valence-electron chi connectivity index (χ2n) is 11.2. The zero-order chi connectivity index (χ0) is 31.1. The molecule has 2 aromatic rings. The number of oxime groups is 1. The lowest BCUT2D eigenvalue weighted by molar-refractivity contribution is -0.0658. The van der Waals surface area contributed by atoms with Gasteiger partial charge in [-0.2, -0.15) is 0 Å². The lowest BCUT2D eigenvalue weighted by atomic mass is 9.84. The number of hydrogen-bond donors (Lipinski definition) is 1. The van der Waals surface area contributed by atoms with E-state index in [1.165, 1.54) is 16.8 Å². The first-order valence-electron chi connectivity index (χ1n) is 13.9. The molecule has 2 amide bonds. The molecule has 2 bridgehead atoms. The highest BCUT2D eigenvalue weighted by Gasteiger charge is 2.54. The predicted molar refractivity (Wildman–Crippen MR) is 147 cm³/mol. The zero-order valence-corrected chi connectivity index (χ0v) is 24.1. The second kappa shape index (κ2) is 11.7. The number of carbonyl (C=O) groups excluding carboxylic acids is 3. The van der Waals surface area contributed by atoms with Crippen molar-refractivity contribution in [3.8, 4) is 5.75 Å². The van der Waals surface area contributed by atoms with Crippen LogP contribution in [0.4, 0.5) is 13.6 Å². The number of carbonyl (C=O) groups is 3. The first-order chi connectivity index (χ1) is 20.4. The molecule has 0 radical (unpaired) electrons. The molecule has 1 aromatic carbocycles. The van der Waals surface area contributed by atoms with Crippen LogP contribution in [0.25, 0.3) is 0 Å². The van der Waals surface area contributed by atoms with Crippen molar-refractivity contribution in [3.63, 3.8) is 0 Å². The van der Waals surface area contributed by atoms with Crippen molar-refractivity contribution in [3.05, 3.63) is 63.1 Å². The summed E-state index contributed by atoms with van der Waals surface area (Å²) in [7, 11) is 0. The van der Waals surface area contributed by atoms with Crippen LogP contribution in [-0.4, -0.2) is 64.2 Å². The summed E-state index contributed by atoms with van der Waals surface area (Å²) in [4.78, 5) is 60.5. The SMILES string of the molecule is CC1=NO[C@@]2(CC[C@H](C)N3C[C@H]2n2cc(C(=O)NCc4ccc(F)cc4F)c(=O)c(OCOC(=O)OC(C)C)c2C3=O)C1. The van der Waals surface area contributed by atoms with Gasteiger partial charge in [-0.3, -0.25) is 14.4 Å². The lowest BCUT2D eigenvalue weighted by Gasteiger charge is -2.42. The second-order valence-corrected chi connectivity index (χ2v) is 11.2. The van der Waals surface area contributed by atoms with E-state index in [4.69, 9.17) is 19.0 Å². The fourth-order valence-corrected chi connectivity index (χ4v) is 5.71. The van der Waals surface area contributed by atoms with E-state index in [2.05, 4.69) is 10.5 Å². The minimum absolute atomic E-state index is 0.00383. The molecule has 3 atom stereocenters. The Morgan fingerprint density at radius 2 is 2.02 bits per heavy atom. The van der Waals surface area contributed by atoms with Gasteiger partial charge >= 0.3 is 6.16 Å². The smallest absolute Gasteiger partial charge is 0.451 e. The number of amides is 2. The summed E-state index contributed by atoms with van der Waals surface area (Å²) in [5.41, 5.74) is -1.60. The van der Waals surface area contributed by atoms with Gasteiger partial charge in [0.15, 0.2) is 11.3 Å². The number of rotatable bonds is 7. The summed E-state index contributed by atoms with van der Waals surface area (Å²) in [6.45, 7) is 6.05. The molecule has 4 heterocycles. The Kier molecular flexibility index (Phi) is 8.12. The van der Waals surface area contributed by atoms with Crippen LogP contribution in [-0.2, 0) is 20.9 Å². The molecule has 0 unspecified atom stereocenters. The van der Waals surface area contributed by atoms with Crippen molar-refractivity contribution in [2.45, 2.75) is 77.3 Å². The van der Waals surface area contributed by atoms with Gasteiger partial charge in [-0.05, 0) is 46.6 Å². The van der Waals surface area contributed by atoms with Gasteiger partial charge in [-0.1, -0.05) is 11.2 Å². The molecule has 3 aliphatic rings. The van der Waals surface area contributed by atoms with E-state index >= 15 is 0 Å². The average Bonchev–Trinajstić information content (AvgIpc) is 3.27. The molecule has 3 aliphatic heterocycles. The molecule has 1 fully saturated rings. The van der Waals surface area contributed by atoms with Gasteiger partial charge in [-0.25, -0.2) is 13.6 Å². The predicted octanol–water partition coefficient (Wildman–Crippen LogP) is 3.67. The lowest BCUT2D eigenvalue weighted by Crippen LogP contribution is -2.52. The number of benzene rings is 1. The van der Waals surface area contributed by atoms with Gasteiger partial charge in [0.1, 0.15) is 17.2 Å². The standard InChI is InChI=1S/C29H32F2N4O8/c1-15(2)42-28(39)41-14-40-25-23-27(38)34-13-22(29(8-7-17(34)4)10-16(3)33-43-29)35(23)12-20(24(25)36)26(37)32-11-18-5-6-19(30)9-21(18)31/h5-6,9,12,15,17,22H,7-8,10-11,13-14H2,1-4H3,(H,32,37)/t17-,22+,29-/m0/s1. The Labute approximate surface area is 245 Å². The van der Waals surface area contributed by atoms with Crippen molar-refractivity contribution in [1.29, 1.82) is 0 Å². The number of nitrogens with one attached hydrogen (secondary N) is 1. The topological polar surface area (TPSA) is 138 Å². The maximum absolute atomic E-state index is 14.2. The van der Waals surface area contributed by atoms with Crippen LogP contribution in [0, 0.1) is 11.6 Å². The van der Waals surface area contributed by atoms with E-state index in [1.54, 1.807) is 18.7 Å². The van der Waals surface area contributed by atoms with Crippen molar-refractivity contribution < 1.29 is 42.2 Å². The highest BCUT2D eigenvalue weighted by Crippen LogP contribution is 2.46. The average molecular weight is 603 g/mol. The van der Waals surface area contributed by atoms with Crippen LogP contribution >= 0.6 is 0 Å². The Morgan fingerprint density at radius 1 is 1.26 bits per heavy atom. The van der Waals surface area contributed by atoms with Gasteiger partial charge in [0.2, 0.25) is 18.0 Å². The van der Waals surface area contributed by atoms with Gasteiger partial charge < -0.3 is 33.8 Å². The van der Waals surface area contributed by atoms with E-state index in [1.807, 2.05) is 13.8 Å². The molecule has 230 valence electrons. The summed E-state index contributed by atoms with van der Waals surface area (Å²) in [5, 5.41) is 6.66. The third-order valence-corrected chi connectivity index (χ3v) is 7.84. The molecule has 1 spiro atoms. The maximum atomic E-state index is 14.2. The molecule has 5 rings (SSSR count). The van der Waals surface area contributed by atoms with E-state index in [-0.39, 0.29) is 30.4 Å². The normalized spacial score (nSPS) is 22.4. The van der Waals surface area contributed by atoms with Gasteiger partial charge in [0.25, 0.3) is 11.8 Å². The molecular weight excluding hydrogens is 570 g/mol. The zero-order valence-electron chi connectivity index (χ0n) is 24.1. The molecule has 0 aliphatic carbocycles. The van der Waals surface area contributed by atoms with Crippen molar-refractivity contribution in [1.82, 2.24) is 14.8 Å². The van der Waals surface area contributed by atoms with Gasteiger partial charge in [0.05, 0.1) is 17.9 Å².